The lowest BCUT2D eigenvalue weighted by molar-refractivity contribution is -0.132. The van der Waals surface area contributed by atoms with Gasteiger partial charge in [0.25, 0.3) is 5.91 Å². The number of carbonyl (C=O) groups excluding carboxylic acids is 2. The van der Waals surface area contributed by atoms with E-state index in [1.807, 2.05) is 66.4 Å². The topological polar surface area (TPSA) is 61.4 Å². The molecule has 3 atom stereocenters. The van der Waals surface area contributed by atoms with Crippen LogP contribution in [0.1, 0.15) is 53.2 Å². The van der Waals surface area contributed by atoms with E-state index in [0.29, 0.717) is 17.6 Å². The van der Waals surface area contributed by atoms with Gasteiger partial charge in [-0.15, -0.1) is 0 Å². The quantitative estimate of drug-likeness (QED) is 0.823. The Hall–Kier alpha value is -2.66. The van der Waals surface area contributed by atoms with Crippen LogP contribution in [0, 0.1) is 6.92 Å². The van der Waals surface area contributed by atoms with Crippen molar-refractivity contribution in [3.63, 3.8) is 0 Å². The van der Waals surface area contributed by atoms with Crippen LogP contribution in [-0.2, 0) is 4.79 Å². The molecule has 5 heteroatoms. The third kappa shape index (κ3) is 4.85. The highest BCUT2D eigenvalue weighted by atomic mass is 16.2. The molecule has 2 amide bonds. The van der Waals surface area contributed by atoms with Crippen LogP contribution in [0.5, 0.6) is 0 Å². The van der Waals surface area contributed by atoms with Crippen LogP contribution in [0.3, 0.4) is 0 Å². The molecule has 2 fully saturated rings. The van der Waals surface area contributed by atoms with Crippen molar-refractivity contribution in [3.8, 4) is 0 Å². The molecular formula is C24H29N3O2. The van der Waals surface area contributed by atoms with Crippen LogP contribution in [0.25, 0.3) is 0 Å². The van der Waals surface area contributed by atoms with Crippen LogP contribution in [0.4, 0.5) is 0 Å². The van der Waals surface area contributed by atoms with Crippen LogP contribution < -0.4 is 10.6 Å². The van der Waals surface area contributed by atoms with Crippen LogP contribution in [-0.4, -0.2) is 41.9 Å². The second-order valence-corrected chi connectivity index (χ2v) is 8.27. The molecule has 4 rings (SSSR count). The maximum Gasteiger partial charge on any atom is 0.251 e. The maximum atomic E-state index is 13.1. The van der Waals surface area contributed by atoms with E-state index >= 15 is 0 Å². The first kappa shape index (κ1) is 19.6. The number of benzene rings is 2. The number of hydrogen-bond acceptors (Lipinski definition) is 3. The molecule has 2 saturated heterocycles. The number of fused-ring (bicyclic) bond motifs is 2. The second kappa shape index (κ2) is 8.78. The third-order valence-electron chi connectivity index (χ3n) is 6.08. The number of rotatable bonds is 5. The fraction of sp³-hybridized carbons (Fsp3) is 0.417. The van der Waals surface area contributed by atoms with Crippen molar-refractivity contribution in [3.05, 3.63) is 71.3 Å². The lowest BCUT2D eigenvalue weighted by atomic mass is 10.0. The summed E-state index contributed by atoms with van der Waals surface area (Å²) >= 11 is 0. The zero-order valence-electron chi connectivity index (χ0n) is 16.9. The SMILES string of the molecule is Cc1ccc(C(=O)NC(CC(=O)N2CCC3CCC(C2)N3)c2ccccc2)cc1. The third-order valence-corrected chi connectivity index (χ3v) is 6.08. The molecule has 3 unspecified atom stereocenters. The molecule has 2 heterocycles. The molecule has 0 aliphatic carbocycles. The average Bonchev–Trinajstić information content (AvgIpc) is 3.07. The number of nitrogens with zero attached hydrogens (tertiary/aromatic N) is 1. The normalized spacial score (nSPS) is 22.0. The van der Waals surface area contributed by atoms with Crippen molar-refractivity contribution < 1.29 is 9.59 Å². The van der Waals surface area contributed by atoms with Gasteiger partial charge in [0, 0.05) is 30.7 Å². The van der Waals surface area contributed by atoms with Gasteiger partial charge in [0.1, 0.15) is 0 Å². The van der Waals surface area contributed by atoms with Gasteiger partial charge in [-0.05, 0) is 43.9 Å². The molecule has 0 radical (unpaired) electrons. The summed E-state index contributed by atoms with van der Waals surface area (Å²) in [5.74, 6) is -0.0411. The molecular weight excluding hydrogens is 362 g/mol. The Balaban J connectivity index is 1.47. The number of amides is 2. The van der Waals surface area contributed by atoms with Crippen molar-refractivity contribution in [1.82, 2.24) is 15.5 Å². The first-order chi connectivity index (χ1) is 14.1. The van der Waals surface area contributed by atoms with Gasteiger partial charge in [-0.2, -0.15) is 0 Å². The minimum Gasteiger partial charge on any atom is -0.345 e. The Morgan fingerprint density at radius 3 is 2.52 bits per heavy atom. The van der Waals surface area contributed by atoms with Crippen LogP contribution >= 0.6 is 0 Å². The molecule has 2 aliphatic heterocycles. The van der Waals surface area contributed by atoms with Gasteiger partial charge < -0.3 is 15.5 Å². The number of aryl methyl sites for hydroxylation is 1. The highest BCUT2D eigenvalue weighted by Gasteiger charge is 2.32. The first-order valence-electron chi connectivity index (χ1n) is 10.5. The lowest BCUT2D eigenvalue weighted by Crippen LogP contribution is -2.41. The Labute approximate surface area is 172 Å². The van der Waals surface area contributed by atoms with E-state index in [2.05, 4.69) is 10.6 Å². The van der Waals surface area contributed by atoms with E-state index in [1.54, 1.807) is 0 Å². The second-order valence-electron chi connectivity index (χ2n) is 8.27. The smallest absolute Gasteiger partial charge is 0.251 e. The van der Waals surface area contributed by atoms with Gasteiger partial charge in [0.15, 0.2) is 0 Å². The zero-order chi connectivity index (χ0) is 20.2. The minimum atomic E-state index is -0.342. The molecule has 29 heavy (non-hydrogen) atoms. The Bertz CT molecular complexity index is 850. The molecule has 0 spiro atoms. The van der Waals surface area contributed by atoms with E-state index in [1.165, 1.54) is 6.42 Å². The summed E-state index contributed by atoms with van der Waals surface area (Å²) in [5, 5.41) is 6.70. The molecule has 0 aromatic heterocycles. The predicted octanol–water partition coefficient (Wildman–Crippen LogP) is 3.21. The van der Waals surface area contributed by atoms with E-state index in [-0.39, 0.29) is 24.3 Å². The summed E-state index contributed by atoms with van der Waals surface area (Å²) in [6.45, 7) is 3.55. The van der Waals surface area contributed by atoms with Crippen molar-refractivity contribution in [2.45, 2.75) is 50.7 Å². The largest absolute Gasteiger partial charge is 0.345 e. The van der Waals surface area contributed by atoms with Gasteiger partial charge in [0.2, 0.25) is 5.91 Å². The molecule has 2 N–H and O–H groups in total. The zero-order valence-corrected chi connectivity index (χ0v) is 16.9. The lowest BCUT2D eigenvalue weighted by Gasteiger charge is -2.27. The van der Waals surface area contributed by atoms with E-state index in [4.69, 9.17) is 0 Å². The van der Waals surface area contributed by atoms with Gasteiger partial charge in [0.05, 0.1) is 12.5 Å². The number of hydrogen-bond donors (Lipinski definition) is 2. The van der Waals surface area contributed by atoms with Crippen molar-refractivity contribution in [2.24, 2.45) is 0 Å². The van der Waals surface area contributed by atoms with Crippen LogP contribution in [0.2, 0.25) is 0 Å². The Kier molecular flexibility index (Phi) is 5.95. The Morgan fingerprint density at radius 2 is 1.76 bits per heavy atom. The minimum absolute atomic E-state index is 0.109. The molecule has 2 aromatic rings. The van der Waals surface area contributed by atoms with E-state index < -0.39 is 0 Å². The molecule has 2 aromatic carbocycles. The molecule has 0 saturated carbocycles. The highest BCUT2D eigenvalue weighted by Crippen LogP contribution is 2.23. The van der Waals surface area contributed by atoms with Gasteiger partial charge >= 0.3 is 0 Å². The first-order valence-corrected chi connectivity index (χ1v) is 10.5. The molecule has 152 valence electrons. The van der Waals surface area contributed by atoms with Gasteiger partial charge in [-0.25, -0.2) is 0 Å². The summed E-state index contributed by atoms with van der Waals surface area (Å²) in [6.07, 6.45) is 3.64. The summed E-state index contributed by atoms with van der Waals surface area (Å²) < 4.78 is 0. The summed E-state index contributed by atoms with van der Waals surface area (Å²) in [6, 6.07) is 17.9. The Morgan fingerprint density at radius 1 is 1.03 bits per heavy atom. The molecule has 5 nitrogen and oxygen atoms in total. The van der Waals surface area contributed by atoms with Crippen LogP contribution in [0.15, 0.2) is 54.6 Å². The van der Waals surface area contributed by atoms with E-state index in [0.717, 1.165) is 37.1 Å². The predicted molar refractivity (Wildman–Crippen MR) is 114 cm³/mol. The van der Waals surface area contributed by atoms with Crippen molar-refractivity contribution >= 4 is 11.8 Å². The fourth-order valence-corrected chi connectivity index (χ4v) is 4.36. The standard InChI is InChI=1S/C24H29N3O2/c1-17-7-9-19(10-8-17)24(29)26-22(18-5-3-2-4-6-18)15-23(28)27-14-13-20-11-12-21(16-27)25-20/h2-10,20-22,25H,11-16H2,1H3,(H,26,29). The van der Waals surface area contributed by atoms with E-state index in [9.17, 15) is 9.59 Å². The van der Waals surface area contributed by atoms with Crippen molar-refractivity contribution in [2.75, 3.05) is 13.1 Å². The number of carbonyl (C=O) groups is 2. The van der Waals surface area contributed by atoms with Gasteiger partial charge in [-0.1, -0.05) is 48.0 Å². The monoisotopic (exact) mass is 391 g/mol. The fourth-order valence-electron chi connectivity index (χ4n) is 4.36. The average molecular weight is 392 g/mol. The summed E-state index contributed by atoms with van der Waals surface area (Å²) in [4.78, 5) is 27.9. The van der Waals surface area contributed by atoms with Gasteiger partial charge in [-0.3, -0.25) is 9.59 Å². The summed E-state index contributed by atoms with van der Waals surface area (Å²) in [7, 11) is 0. The number of likely N-dealkylation sites (tertiary alicyclic amines) is 1. The molecule has 2 bridgehead atoms. The number of nitrogens with one attached hydrogen (secondary N) is 2. The maximum absolute atomic E-state index is 13.1. The van der Waals surface area contributed by atoms with Crippen molar-refractivity contribution in [1.29, 1.82) is 0 Å². The highest BCUT2D eigenvalue weighted by molar-refractivity contribution is 5.94. The molecule has 2 aliphatic rings. The summed E-state index contributed by atoms with van der Waals surface area (Å²) in [5.41, 5.74) is 2.68.